The van der Waals surface area contributed by atoms with Gasteiger partial charge >= 0.3 is 0 Å². The molecule has 1 aromatic heterocycles. The van der Waals surface area contributed by atoms with E-state index in [1.54, 1.807) is 6.26 Å². The van der Waals surface area contributed by atoms with E-state index in [-0.39, 0.29) is 0 Å². The standard InChI is InChI=1S/C20H26N2O2/c1-2-9-21(11-16-8-5-10-24-16)12-17-18-13-22(14-19(17)18)20(23)15-6-3-4-7-15/h1,5,8,10,15,17-19H,3-4,6-7,9,11-14H2/t17?,18-,19+. The van der Waals surface area contributed by atoms with Crippen molar-refractivity contribution in [2.45, 2.75) is 32.2 Å². The Hall–Kier alpha value is -1.73. The van der Waals surface area contributed by atoms with Gasteiger partial charge in [-0.05, 0) is 42.7 Å². The van der Waals surface area contributed by atoms with E-state index in [4.69, 9.17) is 10.8 Å². The summed E-state index contributed by atoms with van der Waals surface area (Å²) in [7, 11) is 0. The van der Waals surface area contributed by atoms with Gasteiger partial charge in [-0.3, -0.25) is 9.69 Å². The molecule has 2 heterocycles. The molecule has 3 fully saturated rings. The van der Waals surface area contributed by atoms with Gasteiger partial charge in [0, 0.05) is 25.6 Å². The van der Waals surface area contributed by atoms with Crippen LogP contribution in [0.15, 0.2) is 22.8 Å². The molecule has 4 heteroatoms. The van der Waals surface area contributed by atoms with Crippen molar-refractivity contribution in [1.82, 2.24) is 9.80 Å². The lowest BCUT2D eigenvalue weighted by Gasteiger charge is -2.25. The van der Waals surface area contributed by atoms with E-state index < -0.39 is 0 Å². The molecule has 24 heavy (non-hydrogen) atoms. The van der Waals surface area contributed by atoms with Crippen LogP contribution in [-0.2, 0) is 11.3 Å². The molecule has 1 amide bonds. The van der Waals surface area contributed by atoms with Gasteiger partial charge in [-0.15, -0.1) is 6.42 Å². The first-order valence-corrected chi connectivity index (χ1v) is 9.23. The number of carbonyl (C=O) groups is 1. The summed E-state index contributed by atoms with van der Waals surface area (Å²) in [6.45, 7) is 4.38. The highest BCUT2D eigenvalue weighted by Crippen LogP contribution is 2.52. The molecule has 0 aromatic carbocycles. The Labute approximate surface area is 144 Å². The highest BCUT2D eigenvalue weighted by atomic mass is 16.3. The summed E-state index contributed by atoms with van der Waals surface area (Å²) in [6, 6.07) is 3.92. The summed E-state index contributed by atoms with van der Waals surface area (Å²) in [6.07, 6.45) is 11.9. The van der Waals surface area contributed by atoms with Crippen LogP contribution < -0.4 is 0 Å². The number of furan rings is 1. The summed E-state index contributed by atoms with van der Waals surface area (Å²) in [5, 5.41) is 0. The van der Waals surface area contributed by atoms with Crippen molar-refractivity contribution in [3.05, 3.63) is 24.2 Å². The second kappa shape index (κ2) is 6.64. The second-order valence-corrected chi connectivity index (χ2v) is 7.67. The van der Waals surface area contributed by atoms with Gasteiger partial charge in [-0.1, -0.05) is 18.8 Å². The third kappa shape index (κ3) is 3.10. The number of carbonyl (C=O) groups excluding carboxylic acids is 1. The van der Waals surface area contributed by atoms with Crippen molar-refractivity contribution in [2.24, 2.45) is 23.7 Å². The molecule has 0 bridgehead atoms. The lowest BCUT2D eigenvalue weighted by atomic mass is 10.1. The smallest absolute Gasteiger partial charge is 0.225 e. The van der Waals surface area contributed by atoms with E-state index in [2.05, 4.69) is 15.7 Å². The summed E-state index contributed by atoms with van der Waals surface area (Å²) in [5.74, 6) is 6.54. The number of rotatable bonds is 6. The van der Waals surface area contributed by atoms with E-state index in [0.717, 1.165) is 44.8 Å². The monoisotopic (exact) mass is 326 g/mol. The highest BCUT2D eigenvalue weighted by molar-refractivity contribution is 5.79. The molecule has 0 spiro atoms. The molecule has 4 nitrogen and oxygen atoms in total. The van der Waals surface area contributed by atoms with Crippen LogP contribution in [0.3, 0.4) is 0 Å². The summed E-state index contributed by atoms with van der Waals surface area (Å²) in [4.78, 5) is 17.0. The lowest BCUT2D eigenvalue weighted by Crippen LogP contribution is -2.37. The van der Waals surface area contributed by atoms with Crippen molar-refractivity contribution < 1.29 is 9.21 Å². The summed E-state index contributed by atoms with van der Waals surface area (Å²) < 4.78 is 5.45. The van der Waals surface area contributed by atoms with E-state index in [0.29, 0.717) is 36.1 Å². The number of piperidine rings is 1. The zero-order valence-electron chi connectivity index (χ0n) is 14.2. The molecule has 3 aliphatic rings. The third-order valence-corrected chi connectivity index (χ3v) is 6.13. The van der Waals surface area contributed by atoms with Crippen LogP contribution in [0.5, 0.6) is 0 Å². The summed E-state index contributed by atoms with van der Waals surface area (Å²) >= 11 is 0. The quantitative estimate of drug-likeness (QED) is 0.754. The van der Waals surface area contributed by atoms with Crippen molar-refractivity contribution in [3.63, 3.8) is 0 Å². The predicted molar refractivity (Wildman–Crippen MR) is 91.8 cm³/mol. The Morgan fingerprint density at radius 2 is 2.08 bits per heavy atom. The minimum absolute atomic E-state index is 0.317. The number of hydrogen-bond donors (Lipinski definition) is 0. The molecule has 1 aromatic rings. The molecular weight excluding hydrogens is 300 g/mol. The Kier molecular flexibility index (Phi) is 4.37. The number of nitrogens with zero attached hydrogens (tertiary/aromatic N) is 2. The molecular formula is C20H26N2O2. The first-order chi connectivity index (χ1) is 11.8. The maximum atomic E-state index is 12.5. The van der Waals surface area contributed by atoms with Crippen LogP contribution in [0.25, 0.3) is 0 Å². The normalized spacial score (nSPS) is 29.0. The second-order valence-electron chi connectivity index (χ2n) is 7.67. The highest BCUT2D eigenvalue weighted by Gasteiger charge is 2.57. The van der Waals surface area contributed by atoms with Crippen molar-refractivity contribution >= 4 is 5.91 Å². The van der Waals surface area contributed by atoms with Gasteiger partial charge in [-0.25, -0.2) is 0 Å². The van der Waals surface area contributed by atoms with Gasteiger partial charge in [0.05, 0.1) is 19.4 Å². The lowest BCUT2D eigenvalue weighted by molar-refractivity contribution is -0.134. The largest absolute Gasteiger partial charge is 0.468 e. The molecule has 2 saturated carbocycles. The number of terminal acetylenes is 1. The Morgan fingerprint density at radius 3 is 2.71 bits per heavy atom. The maximum absolute atomic E-state index is 12.5. The van der Waals surface area contributed by atoms with E-state index in [1.165, 1.54) is 12.8 Å². The van der Waals surface area contributed by atoms with Crippen LogP contribution in [-0.4, -0.2) is 41.9 Å². The first kappa shape index (κ1) is 15.8. The number of hydrogen-bond acceptors (Lipinski definition) is 3. The first-order valence-electron chi connectivity index (χ1n) is 9.23. The van der Waals surface area contributed by atoms with E-state index >= 15 is 0 Å². The van der Waals surface area contributed by atoms with Crippen LogP contribution in [0.2, 0.25) is 0 Å². The van der Waals surface area contributed by atoms with Crippen LogP contribution >= 0.6 is 0 Å². The SMILES string of the molecule is C#CCN(Cc1ccco1)CC1[C@H]2CN(C(=O)C3CCCC3)C[C@@H]12. The minimum Gasteiger partial charge on any atom is -0.468 e. The molecule has 0 radical (unpaired) electrons. The fourth-order valence-corrected chi connectivity index (χ4v) is 4.77. The maximum Gasteiger partial charge on any atom is 0.225 e. The molecule has 128 valence electrons. The van der Waals surface area contributed by atoms with Crippen molar-refractivity contribution in [3.8, 4) is 12.3 Å². The molecule has 1 unspecified atom stereocenters. The fourth-order valence-electron chi connectivity index (χ4n) is 4.77. The third-order valence-electron chi connectivity index (χ3n) is 6.13. The van der Waals surface area contributed by atoms with Gasteiger partial charge in [0.25, 0.3) is 0 Å². The van der Waals surface area contributed by atoms with Gasteiger partial charge in [0.2, 0.25) is 5.91 Å². The van der Waals surface area contributed by atoms with Gasteiger partial charge in [0.1, 0.15) is 5.76 Å². The molecule has 1 aliphatic heterocycles. The fraction of sp³-hybridized carbons (Fsp3) is 0.650. The number of amides is 1. The van der Waals surface area contributed by atoms with Gasteiger partial charge < -0.3 is 9.32 Å². The van der Waals surface area contributed by atoms with Crippen LogP contribution in [0.4, 0.5) is 0 Å². The number of likely N-dealkylation sites (tertiary alicyclic amines) is 1. The zero-order valence-corrected chi connectivity index (χ0v) is 14.2. The average Bonchev–Trinajstić information content (AvgIpc) is 3.16. The minimum atomic E-state index is 0.317. The van der Waals surface area contributed by atoms with Gasteiger partial charge in [0.15, 0.2) is 0 Å². The van der Waals surface area contributed by atoms with Crippen molar-refractivity contribution in [1.29, 1.82) is 0 Å². The topological polar surface area (TPSA) is 36.7 Å². The van der Waals surface area contributed by atoms with Gasteiger partial charge in [-0.2, -0.15) is 0 Å². The molecule has 3 atom stereocenters. The van der Waals surface area contributed by atoms with Crippen molar-refractivity contribution in [2.75, 3.05) is 26.2 Å². The van der Waals surface area contributed by atoms with Crippen LogP contribution in [0, 0.1) is 36.0 Å². The average molecular weight is 326 g/mol. The number of fused-ring (bicyclic) bond motifs is 1. The van der Waals surface area contributed by atoms with E-state index in [9.17, 15) is 4.79 Å². The summed E-state index contributed by atoms with van der Waals surface area (Å²) in [5.41, 5.74) is 0. The Bertz CT molecular complexity index is 600. The Balaban J connectivity index is 1.28. The molecule has 2 aliphatic carbocycles. The van der Waals surface area contributed by atoms with Crippen LogP contribution in [0.1, 0.15) is 31.4 Å². The molecule has 0 N–H and O–H groups in total. The predicted octanol–water partition coefficient (Wildman–Crippen LogP) is 2.61. The molecule has 4 rings (SSSR count). The molecule has 1 saturated heterocycles. The van der Waals surface area contributed by atoms with E-state index in [1.807, 2.05) is 12.1 Å². The zero-order chi connectivity index (χ0) is 16.5. The Morgan fingerprint density at radius 1 is 1.33 bits per heavy atom.